The van der Waals surface area contributed by atoms with Gasteiger partial charge in [-0.3, -0.25) is 14.5 Å². The first-order valence-corrected chi connectivity index (χ1v) is 7.87. The van der Waals surface area contributed by atoms with Gasteiger partial charge in [0, 0.05) is 0 Å². The number of benzene rings is 2. The zero-order valence-corrected chi connectivity index (χ0v) is 13.5. The van der Waals surface area contributed by atoms with Gasteiger partial charge in [-0.05, 0) is 30.2 Å². The Kier molecular flexibility index (Phi) is 4.79. The number of amides is 1. The maximum atomic E-state index is 12.3. The summed E-state index contributed by atoms with van der Waals surface area (Å²) in [4.78, 5) is 25.9. The molecule has 5 nitrogen and oxygen atoms in total. The van der Waals surface area contributed by atoms with Gasteiger partial charge in [0.25, 0.3) is 0 Å². The van der Waals surface area contributed by atoms with Gasteiger partial charge in [0.2, 0.25) is 5.91 Å². The molecule has 3 rings (SSSR count). The lowest BCUT2D eigenvalue weighted by Gasteiger charge is -2.21. The molecule has 24 heavy (non-hydrogen) atoms. The largest absolute Gasteiger partial charge is 0.491 e. The Hall–Kier alpha value is -2.82. The maximum absolute atomic E-state index is 12.3. The van der Waals surface area contributed by atoms with Gasteiger partial charge in [0.15, 0.2) is 0 Å². The molecule has 0 aromatic heterocycles. The summed E-state index contributed by atoms with van der Waals surface area (Å²) in [5.74, 6) is 0.0196. The van der Waals surface area contributed by atoms with Crippen LogP contribution in [0.2, 0.25) is 0 Å². The lowest BCUT2D eigenvalue weighted by Crippen LogP contribution is -2.36. The van der Waals surface area contributed by atoms with E-state index in [1.807, 2.05) is 43.3 Å². The van der Waals surface area contributed by atoms with Crippen molar-refractivity contribution >= 4 is 17.6 Å². The number of hydrogen-bond donors (Lipinski definition) is 0. The smallest absolute Gasteiger partial charge is 0.326 e. The van der Waals surface area contributed by atoms with Crippen molar-refractivity contribution in [1.82, 2.24) is 0 Å². The van der Waals surface area contributed by atoms with Crippen LogP contribution in [-0.2, 0) is 20.9 Å². The second-order valence-electron chi connectivity index (χ2n) is 5.63. The Labute approximate surface area is 140 Å². The number of nitrogens with zero attached hydrogens (tertiary/aromatic N) is 1. The Balaban J connectivity index is 1.69. The standard InChI is InChI=1S/C19H19NO4/c1-14-6-2-3-7-15(14)13-24-19(22)12-20-16-8-4-5-9-17(16)23-11-10-18(20)21/h2-9H,10-13H2,1H3. The van der Waals surface area contributed by atoms with Crippen LogP contribution >= 0.6 is 0 Å². The molecule has 1 aliphatic rings. The van der Waals surface area contributed by atoms with Crippen molar-refractivity contribution in [2.24, 2.45) is 0 Å². The molecule has 2 aromatic carbocycles. The zero-order chi connectivity index (χ0) is 16.9. The van der Waals surface area contributed by atoms with Crippen molar-refractivity contribution in [3.8, 4) is 5.75 Å². The lowest BCUT2D eigenvalue weighted by atomic mass is 10.1. The van der Waals surface area contributed by atoms with Gasteiger partial charge in [-0.25, -0.2) is 0 Å². The minimum Gasteiger partial charge on any atom is -0.491 e. The van der Waals surface area contributed by atoms with Gasteiger partial charge in [0.05, 0.1) is 18.7 Å². The van der Waals surface area contributed by atoms with Crippen molar-refractivity contribution in [1.29, 1.82) is 0 Å². The SMILES string of the molecule is Cc1ccccc1COC(=O)CN1C(=O)CCOc2ccccc21. The van der Waals surface area contributed by atoms with Crippen LogP contribution in [0.3, 0.4) is 0 Å². The highest BCUT2D eigenvalue weighted by atomic mass is 16.5. The Bertz CT molecular complexity index is 757. The first-order chi connectivity index (χ1) is 11.6. The molecule has 0 spiro atoms. The number of carbonyl (C=O) groups excluding carboxylic acids is 2. The third kappa shape index (κ3) is 3.56. The highest BCUT2D eigenvalue weighted by molar-refractivity contribution is 5.99. The summed E-state index contributed by atoms with van der Waals surface area (Å²) in [5, 5.41) is 0. The van der Waals surface area contributed by atoms with E-state index in [-0.39, 0.29) is 25.5 Å². The zero-order valence-electron chi connectivity index (χ0n) is 13.5. The molecule has 1 aliphatic heterocycles. The normalized spacial score (nSPS) is 13.7. The second kappa shape index (κ2) is 7.17. The average Bonchev–Trinajstić information content (AvgIpc) is 2.74. The second-order valence-corrected chi connectivity index (χ2v) is 5.63. The van der Waals surface area contributed by atoms with E-state index in [0.29, 0.717) is 18.0 Å². The molecule has 0 aliphatic carbocycles. The molecule has 0 fully saturated rings. The van der Waals surface area contributed by atoms with Gasteiger partial charge >= 0.3 is 5.97 Å². The summed E-state index contributed by atoms with van der Waals surface area (Å²) in [7, 11) is 0. The van der Waals surface area contributed by atoms with Crippen molar-refractivity contribution in [3.63, 3.8) is 0 Å². The Morgan fingerprint density at radius 3 is 2.75 bits per heavy atom. The molecule has 0 saturated carbocycles. The summed E-state index contributed by atoms with van der Waals surface area (Å²) >= 11 is 0. The number of para-hydroxylation sites is 2. The number of hydrogen-bond acceptors (Lipinski definition) is 4. The molecule has 1 heterocycles. The number of fused-ring (bicyclic) bond motifs is 1. The van der Waals surface area contributed by atoms with E-state index in [2.05, 4.69) is 0 Å². The predicted octanol–water partition coefficient (Wildman–Crippen LogP) is 2.85. The highest BCUT2D eigenvalue weighted by Crippen LogP contribution is 2.30. The quantitative estimate of drug-likeness (QED) is 0.811. The number of ether oxygens (including phenoxy) is 2. The molecular formula is C19H19NO4. The minimum atomic E-state index is -0.441. The van der Waals surface area contributed by atoms with E-state index in [0.717, 1.165) is 11.1 Å². The number of anilines is 1. The van der Waals surface area contributed by atoms with Crippen molar-refractivity contribution in [2.45, 2.75) is 20.0 Å². The van der Waals surface area contributed by atoms with Crippen LogP contribution in [0.4, 0.5) is 5.69 Å². The number of carbonyl (C=O) groups is 2. The molecular weight excluding hydrogens is 306 g/mol. The topological polar surface area (TPSA) is 55.8 Å². The Morgan fingerprint density at radius 1 is 1.17 bits per heavy atom. The number of rotatable bonds is 4. The summed E-state index contributed by atoms with van der Waals surface area (Å²) in [6.07, 6.45) is 0.236. The monoisotopic (exact) mass is 325 g/mol. The van der Waals surface area contributed by atoms with Crippen LogP contribution in [0, 0.1) is 6.92 Å². The minimum absolute atomic E-state index is 0.120. The fraction of sp³-hybridized carbons (Fsp3) is 0.263. The molecule has 0 N–H and O–H groups in total. The fourth-order valence-electron chi connectivity index (χ4n) is 2.60. The first-order valence-electron chi connectivity index (χ1n) is 7.87. The predicted molar refractivity (Wildman–Crippen MR) is 89.9 cm³/mol. The van der Waals surface area contributed by atoms with Crippen LogP contribution in [0.15, 0.2) is 48.5 Å². The van der Waals surface area contributed by atoms with E-state index in [4.69, 9.17) is 9.47 Å². The third-order valence-electron chi connectivity index (χ3n) is 3.97. The number of aryl methyl sites for hydroxylation is 1. The molecule has 1 amide bonds. The molecule has 0 atom stereocenters. The number of esters is 1. The molecule has 0 radical (unpaired) electrons. The maximum Gasteiger partial charge on any atom is 0.326 e. The van der Waals surface area contributed by atoms with E-state index >= 15 is 0 Å². The van der Waals surface area contributed by atoms with Gasteiger partial charge in [-0.15, -0.1) is 0 Å². The molecule has 2 aromatic rings. The van der Waals surface area contributed by atoms with Crippen molar-refractivity contribution < 1.29 is 19.1 Å². The van der Waals surface area contributed by atoms with Crippen molar-refractivity contribution in [3.05, 3.63) is 59.7 Å². The molecule has 0 unspecified atom stereocenters. The van der Waals surface area contributed by atoms with Crippen LogP contribution < -0.4 is 9.64 Å². The molecule has 5 heteroatoms. The van der Waals surface area contributed by atoms with Gasteiger partial charge < -0.3 is 9.47 Å². The van der Waals surface area contributed by atoms with Gasteiger partial charge in [0.1, 0.15) is 18.9 Å². The van der Waals surface area contributed by atoms with E-state index in [1.165, 1.54) is 4.90 Å². The summed E-state index contributed by atoms with van der Waals surface area (Å²) in [5.41, 5.74) is 2.62. The van der Waals surface area contributed by atoms with Crippen molar-refractivity contribution in [2.75, 3.05) is 18.1 Å². The highest BCUT2D eigenvalue weighted by Gasteiger charge is 2.25. The van der Waals surface area contributed by atoms with Gasteiger partial charge in [-0.1, -0.05) is 36.4 Å². The van der Waals surface area contributed by atoms with E-state index in [9.17, 15) is 9.59 Å². The Morgan fingerprint density at radius 2 is 1.92 bits per heavy atom. The molecule has 0 saturated heterocycles. The first kappa shape index (κ1) is 16.1. The van der Waals surface area contributed by atoms with Crippen LogP contribution in [0.1, 0.15) is 17.5 Å². The third-order valence-corrected chi connectivity index (χ3v) is 3.97. The molecule has 0 bridgehead atoms. The van der Waals surface area contributed by atoms with Gasteiger partial charge in [-0.2, -0.15) is 0 Å². The van der Waals surface area contributed by atoms with Crippen LogP contribution in [0.5, 0.6) is 5.75 Å². The van der Waals surface area contributed by atoms with E-state index < -0.39 is 5.97 Å². The van der Waals surface area contributed by atoms with E-state index in [1.54, 1.807) is 12.1 Å². The summed E-state index contributed by atoms with van der Waals surface area (Å²) < 4.78 is 10.9. The van der Waals surface area contributed by atoms with Crippen LogP contribution in [0.25, 0.3) is 0 Å². The lowest BCUT2D eigenvalue weighted by molar-refractivity contribution is -0.144. The van der Waals surface area contributed by atoms with Crippen LogP contribution in [-0.4, -0.2) is 25.0 Å². The fourth-order valence-corrected chi connectivity index (χ4v) is 2.60. The summed E-state index contributed by atoms with van der Waals surface area (Å²) in [6, 6.07) is 14.9. The average molecular weight is 325 g/mol. The summed E-state index contributed by atoms with van der Waals surface area (Å²) in [6.45, 7) is 2.36. The molecule has 124 valence electrons.